The van der Waals surface area contributed by atoms with Gasteiger partial charge >= 0.3 is 12.1 Å². The molecule has 2 heterocycles. The monoisotopic (exact) mass is 344 g/mol. The number of carboxylic acid groups (broad SMARTS) is 1. The molecule has 3 rings (SSSR count). The van der Waals surface area contributed by atoms with Gasteiger partial charge in [0, 0.05) is 10.6 Å². The molecule has 2 aromatic rings. The molecule has 0 saturated heterocycles. The zero-order valence-corrected chi connectivity index (χ0v) is 12.0. The zero-order chi connectivity index (χ0) is 16.8. The Morgan fingerprint density at radius 2 is 2.04 bits per heavy atom. The molecule has 0 unspecified atom stereocenters. The van der Waals surface area contributed by atoms with E-state index in [1.807, 2.05) is 0 Å². The topological polar surface area (TPSA) is 59.7 Å². The summed E-state index contributed by atoms with van der Waals surface area (Å²) in [5.74, 6) is -1.58. The van der Waals surface area contributed by atoms with Crippen molar-refractivity contribution in [3.63, 3.8) is 0 Å². The van der Waals surface area contributed by atoms with Crippen molar-refractivity contribution in [2.75, 3.05) is 0 Å². The summed E-state index contributed by atoms with van der Waals surface area (Å²) in [5.41, 5.74) is -0.549. The highest BCUT2D eigenvalue weighted by molar-refractivity contribution is 6.31. The van der Waals surface area contributed by atoms with Crippen LogP contribution in [0.3, 0.4) is 0 Å². The van der Waals surface area contributed by atoms with Crippen LogP contribution < -0.4 is 4.74 Å². The van der Waals surface area contributed by atoms with E-state index in [2.05, 4.69) is 0 Å². The zero-order valence-electron chi connectivity index (χ0n) is 11.2. The van der Waals surface area contributed by atoms with Crippen molar-refractivity contribution in [2.24, 2.45) is 0 Å². The molecular weight excluding hydrogens is 337 g/mol. The van der Waals surface area contributed by atoms with Crippen LogP contribution in [0.2, 0.25) is 5.02 Å². The molecule has 1 aromatic carbocycles. The minimum atomic E-state index is -4.87. The van der Waals surface area contributed by atoms with Gasteiger partial charge in [-0.1, -0.05) is 11.6 Å². The summed E-state index contributed by atoms with van der Waals surface area (Å²) in [6.45, 7) is 0. The van der Waals surface area contributed by atoms with Gasteiger partial charge in [-0.05, 0) is 30.3 Å². The SMILES string of the molecule is O=C(O)C1=Cc2cc(Cl)cc(-c3ccco3)c2O[C@@H]1C(F)(F)F. The molecule has 1 aromatic heterocycles. The van der Waals surface area contributed by atoms with Crippen molar-refractivity contribution < 1.29 is 32.2 Å². The molecule has 0 amide bonds. The number of rotatable bonds is 2. The third-order valence-corrected chi connectivity index (χ3v) is 3.46. The maximum Gasteiger partial charge on any atom is 0.430 e. The highest BCUT2D eigenvalue weighted by Gasteiger charge is 2.49. The highest BCUT2D eigenvalue weighted by Crippen LogP contribution is 2.44. The molecule has 0 spiro atoms. The lowest BCUT2D eigenvalue weighted by molar-refractivity contribution is -0.187. The standard InChI is InChI=1S/C15H8ClF3O4/c16-8-4-7-5-10(14(20)21)13(15(17,18)19)23-12(7)9(6-8)11-2-1-3-22-11/h1-6,13H,(H,20,21)/t13-/m0/s1. The Morgan fingerprint density at radius 1 is 1.30 bits per heavy atom. The van der Waals surface area contributed by atoms with Crippen LogP contribution in [-0.4, -0.2) is 23.4 Å². The van der Waals surface area contributed by atoms with Gasteiger partial charge in [0.1, 0.15) is 11.5 Å². The number of halogens is 4. The third kappa shape index (κ3) is 2.79. The van der Waals surface area contributed by atoms with Gasteiger partial charge in [-0.2, -0.15) is 13.2 Å². The molecule has 1 atom stereocenters. The predicted octanol–water partition coefficient (Wildman–Crippen LogP) is 4.39. The maximum absolute atomic E-state index is 13.1. The minimum absolute atomic E-state index is 0.128. The molecule has 0 radical (unpaired) electrons. The highest BCUT2D eigenvalue weighted by atomic mass is 35.5. The van der Waals surface area contributed by atoms with Crippen molar-refractivity contribution in [2.45, 2.75) is 12.3 Å². The molecule has 0 saturated carbocycles. The summed E-state index contributed by atoms with van der Waals surface area (Å²) < 4.78 is 49.5. The molecule has 120 valence electrons. The quantitative estimate of drug-likeness (QED) is 0.877. The maximum atomic E-state index is 13.1. The van der Waals surface area contributed by atoms with E-state index < -0.39 is 23.8 Å². The van der Waals surface area contributed by atoms with E-state index in [1.165, 1.54) is 24.5 Å². The van der Waals surface area contributed by atoms with E-state index >= 15 is 0 Å². The first-order valence-electron chi connectivity index (χ1n) is 6.33. The van der Waals surface area contributed by atoms with Crippen LogP contribution >= 0.6 is 11.6 Å². The molecule has 23 heavy (non-hydrogen) atoms. The number of alkyl halides is 3. The number of ether oxygens (including phenoxy) is 1. The fourth-order valence-corrected chi connectivity index (χ4v) is 2.54. The van der Waals surface area contributed by atoms with E-state index in [0.717, 1.165) is 6.08 Å². The number of benzene rings is 1. The second kappa shape index (κ2) is 5.34. The Bertz CT molecular complexity index is 794. The number of carboxylic acids is 1. The molecule has 1 aliphatic heterocycles. The fourth-order valence-electron chi connectivity index (χ4n) is 2.31. The van der Waals surface area contributed by atoms with E-state index in [4.69, 9.17) is 25.9 Å². The largest absolute Gasteiger partial charge is 0.478 e. The van der Waals surface area contributed by atoms with Crippen molar-refractivity contribution in [3.05, 3.63) is 46.7 Å². The molecule has 1 aliphatic rings. The molecule has 0 aliphatic carbocycles. The Labute approximate surface area is 132 Å². The number of hydrogen-bond acceptors (Lipinski definition) is 3. The number of carbonyl (C=O) groups is 1. The van der Waals surface area contributed by atoms with Gasteiger partial charge in [-0.3, -0.25) is 0 Å². The fraction of sp³-hybridized carbons (Fsp3) is 0.133. The lowest BCUT2D eigenvalue weighted by Gasteiger charge is -2.28. The van der Waals surface area contributed by atoms with E-state index in [1.54, 1.807) is 6.07 Å². The lowest BCUT2D eigenvalue weighted by atomic mass is 9.98. The Balaban J connectivity index is 2.22. The number of furan rings is 1. The molecule has 1 N–H and O–H groups in total. The average Bonchev–Trinajstić information content (AvgIpc) is 2.97. The van der Waals surface area contributed by atoms with Crippen molar-refractivity contribution in [1.82, 2.24) is 0 Å². The van der Waals surface area contributed by atoms with Crippen molar-refractivity contribution in [1.29, 1.82) is 0 Å². The summed E-state index contributed by atoms with van der Waals surface area (Å²) >= 11 is 5.96. The second-order valence-corrected chi connectivity index (χ2v) is 5.23. The van der Waals surface area contributed by atoms with E-state index in [9.17, 15) is 18.0 Å². The van der Waals surface area contributed by atoms with Gasteiger partial charge in [0.2, 0.25) is 6.10 Å². The summed E-state index contributed by atoms with van der Waals surface area (Å²) in [5, 5.41) is 9.23. The van der Waals surface area contributed by atoms with Gasteiger partial charge in [-0.25, -0.2) is 4.79 Å². The number of hydrogen-bond donors (Lipinski definition) is 1. The van der Waals surface area contributed by atoms with Gasteiger partial charge in [0.15, 0.2) is 0 Å². The van der Waals surface area contributed by atoms with Crippen LogP contribution in [0.25, 0.3) is 17.4 Å². The molecule has 0 fully saturated rings. The normalized spacial score (nSPS) is 17.2. The van der Waals surface area contributed by atoms with Crippen LogP contribution in [0, 0.1) is 0 Å². The third-order valence-electron chi connectivity index (χ3n) is 3.24. The predicted molar refractivity (Wildman–Crippen MR) is 75.2 cm³/mol. The van der Waals surface area contributed by atoms with Gasteiger partial charge < -0.3 is 14.3 Å². The van der Waals surface area contributed by atoms with Gasteiger partial charge in [0.25, 0.3) is 0 Å². The Hall–Kier alpha value is -2.41. The van der Waals surface area contributed by atoms with Crippen molar-refractivity contribution in [3.8, 4) is 17.1 Å². The summed E-state index contributed by atoms with van der Waals surface area (Å²) in [6, 6.07) is 5.82. The summed E-state index contributed by atoms with van der Waals surface area (Å²) in [4.78, 5) is 11.1. The minimum Gasteiger partial charge on any atom is -0.478 e. The second-order valence-electron chi connectivity index (χ2n) is 4.79. The average molecular weight is 345 g/mol. The first-order chi connectivity index (χ1) is 10.8. The van der Waals surface area contributed by atoms with Crippen LogP contribution in [0.5, 0.6) is 5.75 Å². The summed E-state index contributed by atoms with van der Waals surface area (Å²) in [7, 11) is 0. The molecule has 4 nitrogen and oxygen atoms in total. The summed E-state index contributed by atoms with van der Waals surface area (Å²) in [6.07, 6.45) is -5.17. The number of aliphatic carboxylic acids is 1. The number of fused-ring (bicyclic) bond motifs is 1. The smallest absolute Gasteiger partial charge is 0.430 e. The first-order valence-corrected chi connectivity index (χ1v) is 6.71. The molecule has 0 bridgehead atoms. The van der Waals surface area contributed by atoms with Gasteiger partial charge in [0.05, 0.1) is 17.4 Å². The van der Waals surface area contributed by atoms with E-state index in [-0.39, 0.29) is 27.7 Å². The Kier molecular flexibility index (Phi) is 3.60. The van der Waals surface area contributed by atoms with Gasteiger partial charge in [-0.15, -0.1) is 0 Å². The first kappa shape index (κ1) is 15.5. The van der Waals surface area contributed by atoms with Crippen LogP contribution in [0.15, 0.2) is 40.5 Å². The Morgan fingerprint density at radius 3 is 2.61 bits per heavy atom. The van der Waals surface area contributed by atoms with Crippen LogP contribution in [-0.2, 0) is 4.79 Å². The molecule has 8 heteroatoms. The van der Waals surface area contributed by atoms with Crippen LogP contribution in [0.4, 0.5) is 13.2 Å². The lowest BCUT2D eigenvalue weighted by Crippen LogP contribution is -2.40. The van der Waals surface area contributed by atoms with Crippen LogP contribution in [0.1, 0.15) is 5.56 Å². The molecular formula is C15H8ClF3O4. The van der Waals surface area contributed by atoms with E-state index in [0.29, 0.717) is 0 Å². The van der Waals surface area contributed by atoms with Crippen molar-refractivity contribution >= 4 is 23.6 Å².